The highest BCUT2D eigenvalue weighted by Crippen LogP contribution is 2.23. The number of ether oxygens (including phenoxy) is 1. The number of rotatable bonds is 6. The largest absolute Gasteiger partial charge is 0.449 e. The molecule has 29 heavy (non-hydrogen) atoms. The van der Waals surface area contributed by atoms with Gasteiger partial charge in [-0.15, -0.1) is 0 Å². The molecule has 2 aromatic carbocycles. The van der Waals surface area contributed by atoms with Gasteiger partial charge in [-0.1, -0.05) is 59.6 Å². The third-order valence-electron chi connectivity index (χ3n) is 4.19. The molecule has 0 bridgehead atoms. The fourth-order valence-electron chi connectivity index (χ4n) is 2.73. The summed E-state index contributed by atoms with van der Waals surface area (Å²) >= 11 is 12.3. The molecule has 0 fully saturated rings. The Morgan fingerprint density at radius 2 is 1.86 bits per heavy atom. The van der Waals surface area contributed by atoms with Gasteiger partial charge in [-0.3, -0.25) is 4.79 Å². The Labute approximate surface area is 178 Å². The monoisotopic (exact) mass is 431 g/mol. The lowest BCUT2D eigenvalue weighted by atomic mass is 10.2. The summed E-state index contributed by atoms with van der Waals surface area (Å²) < 4.78 is 6.83. The summed E-state index contributed by atoms with van der Waals surface area (Å²) in [7, 11) is 0. The number of hydrogen-bond donors (Lipinski definition) is 1. The van der Waals surface area contributed by atoms with Crippen LogP contribution < -0.4 is 5.32 Å². The van der Waals surface area contributed by atoms with Crippen molar-refractivity contribution in [2.75, 3.05) is 5.32 Å². The van der Waals surface area contributed by atoms with E-state index in [9.17, 15) is 9.59 Å². The van der Waals surface area contributed by atoms with Crippen molar-refractivity contribution in [3.05, 3.63) is 81.6 Å². The van der Waals surface area contributed by atoms with Gasteiger partial charge in [0.15, 0.2) is 6.10 Å². The molecule has 3 rings (SSSR count). The highest BCUT2D eigenvalue weighted by molar-refractivity contribution is 6.32. The molecule has 1 unspecified atom stereocenters. The van der Waals surface area contributed by atoms with Crippen molar-refractivity contribution in [1.29, 1.82) is 0 Å². The number of carbonyl (C=O) groups excluding carboxylic acids is 2. The minimum Gasteiger partial charge on any atom is -0.449 e. The molecule has 0 saturated heterocycles. The molecule has 1 amide bonds. The zero-order valence-corrected chi connectivity index (χ0v) is 17.4. The summed E-state index contributed by atoms with van der Waals surface area (Å²) in [5.41, 5.74) is 2.07. The number of aromatic nitrogens is 2. The molecule has 1 N–H and O–H groups in total. The Kier molecular flexibility index (Phi) is 6.56. The van der Waals surface area contributed by atoms with Crippen LogP contribution in [-0.4, -0.2) is 27.8 Å². The average molecular weight is 432 g/mol. The molecule has 0 aliphatic rings. The van der Waals surface area contributed by atoms with Crippen LogP contribution in [0.4, 0.5) is 5.69 Å². The predicted octanol–water partition coefficient (Wildman–Crippen LogP) is 4.73. The van der Waals surface area contributed by atoms with Crippen molar-refractivity contribution in [1.82, 2.24) is 9.78 Å². The van der Waals surface area contributed by atoms with E-state index in [1.165, 1.54) is 11.6 Å². The van der Waals surface area contributed by atoms with Gasteiger partial charge in [-0.2, -0.15) is 5.10 Å². The minimum atomic E-state index is -1.03. The summed E-state index contributed by atoms with van der Waals surface area (Å²) in [5.74, 6) is -1.19. The van der Waals surface area contributed by atoms with Crippen LogP contribution in [0.3, 0.4) is 0 Å². The number of hydrogen-bond acceptors (Lipinski definition) is 4. The van der Waals surface area contributed by atoms with Crippen molar-refractivity contribution >= 4 is 40.8 Å². The van der Waals surface area contributed by atoms with Crippen LogP contribution in [0.15, 0.2) is 54.6 Å². The van der Waals surface area contributed by atoms with Gasteiger partial charge in [-0.25, -0.2) is 9.48 Å². The summed E-state index contributed by atoms with van der Waals surface area (Å²) in [4.78, 5) is 24.9. The van der Waals surface area contributed by atoms with Crippen LogP contribution in [0, 0.1) is 6.92 Å². The van der Waals surface area contributed by atoms with E-state index in [4.69, 9.17) is 27.9 Å². The SMILES string of the molecule is Cc1nn(Cc2ccccc2)c(Cl)c1C(=O)OC(C)C(=O)Nc1cccc(Cl)c1. The number of carbonyl (C=O) groups is 2. The summed E-state index contributed by atoms with van der Waals surface area (Å²) in [6.07, 6.45) is -1.03. The van der Waals surface area contributed by atoms with E-state index in [1.54, 1.807) is 31.2 Å². The highest BCUT2D eigenvalue weighted by atomic mass is 35.5. The zero-order valence-electron chi connectivity index (χ0n) is 15.9. The molecule has 0 radical (unpaired) electrons. The number of anilines is 1. The molecule has 0 saturated carbocycles. The van der Waals surface area contributed by atoms with E-state index in [0.29, 0.717) is 22.9 Å². The maximum absolute atomic E-state index is 12.6. The Morgan fingerprint density at radius 1 is 1.14 bits per heavy atom. The fourth-order valence-corrected chi connectivity index (χ4v) is 3.23. The van der Waals surface area contributed by atoms with E-state index in [2.05, 4.69) is 10.4 Å². The molecule has 1 atom stereocenters. The van der Waals surface area contributed by atoms with Gasteiger partial charge in [0, 0.05) is 10.7 Å². The van der Waals surface area contributed by atoms with Crippen LogP contribution in [-0.2, 0) is 16.1 Å². The van der Waals surface area contributed by atoms with Crippen LogP contribution in [0.5, 0.6) is 0 Å². The number of nitrogens with zero attached hydrogens (tertiary/aromatic N) is 2. The molecular formula is C21H19Cl2N3O3. The van der Waals surface area contributed by atoms with Crippen molar-refractivity contribution < 1.29 is 14.3 Å². The molecular weight excluding hydrogens is 413 g/mol. The third kappa shape index (κ3) is 5.16. The summed E-state index contributed by atoms with van der Waals surface area (Å²) in [5, 5.41) is 7.63. The summed E-state index contributed by atoms with van der Waals surface area (Å²) in [6, 6.07) is 16.3. The topological polar surface area (TPSA) is 73.2 Å². The third-order valence-corrected chi connectivity index (χ3v) is 4.81. The standard InChI is InChI=1S/C21H19Cl2N3O3/c1-13-18(19(23)26(25-13)12-15-7-4-3-5-8-15)21(28)29-14(2)20(27)24-17-10-6-9-16(22)11-17/h3-11,14H,12H2,1-2H3,(H,24,27). The molecule has 6 nitrogen and oxygen atoms in total. The van der Waals surface area contributed by atoms with Crippen molar-refractivity contribution in [2.24, 2.45) is 0 Å². The van der Waals surface area contributed by atoms with Crippen molar-refractivity contribution in [3.63, 3.8) is 0 Å². The lowest BCUT2D eigenvalue weighted by Gasteiger charge is -2.13. The van der Waals surface area contributed by atoms with Crippen molar-refractivity contribution in [3.8, 4) is 0 Å². The maximum atomic E-state index is 12.6. The van der Waals surface area contributed by atoms with Gasteiger partial charge in [0.1, 0.15) is 10.7 Å². The van der Waals surface area contributed by atoms with Gasteiger partial charge in [0.05, 0.1) is 12.2 Å². The molecule has 1 aromatic heterocycles. The molecule has 0 aliphatic heterocycles. The van der Waals surface area contributed by atoms with Gasteiger partial charge < -0.3 is 10.1 Å². The first kappa shape index (κ1) is 20.9. The lowest BCUT2D eigenvalue weighted by molar-refractivity contribution is -0.123. The molecule has 8 heteroatoms. The number of nitrogens with one attached hydrogen (secondary N) is 1. The molecule has 1 heterocycles. The van der Waals surface area contributed by atoms with E-state index in [0.717, 1.165) is 5.56 Å². The molecule has 0 aliphatic carbocycles. The first-order valence-electron chi connectivity index (χ1n) is 8.89. The van der Waals surface area contributed by atoms with Crippen molar-refractivity contribution in [2.45, 2.75) is 26.5 Å². The number of benzene rings is 2. The maximum Gasteiger partial charge on any atom is 0.343 e. The number of amides is 1. The van der Waals surface area contributed by atoms with E-state index >= 15 is 0 Å². The predicted molar refractivity (Wildman–Crippen MR) is 112 cm³/mol. The quantitative estimate of drug-likeness (QED) is 0.572. The second-order valence-electron chi connectivity index (χ2n) is 6.44. The van der Waals surface area contributed by atoms with Crippen LogP contribution >= 0.6 is 23.2 Å². The first-order valence-corrected chi connectivity index (χ1v) is 9.65. The zero-order chi connectivity index (χ0) is 21.0. The molecule has 3 aromatic rings. The number of halogens is 2. The van der Waals surface area contributed by atoms with E-state index in [-0.39, 0.29) is 10.7 Å². The van der Waals surface area contributed by atoms with Gasteiger partial charge in [0.2, 0.25) is 0 Å². The summed E-state index contributed by atoms with van der Waals surface area (Å²) in [6.45, 7) is 3.56. The Bertz CT molecular complexity index is 1030. The van der Waals surface area contributed by atoms with Gasteiger partial charge >= 0.3 is 5.97 Å². The normalized spacial score (nSPS) is 11.7. The van der Waals surface area contributed by atoms with Crippen LogP contribution in [0.2, 0.25) is 10.2 Å². The Hall–Kier alpha value is -2.83. The first-order chi connectivity index (χ1) is 13.8. The smallest absolute Gasteiger partial charge is 0.343 e. The second kappa shape index (κ2) is 9.11. The number of esters is 1. The molecule has 0 spiro atoms. The lowest BCUT2D eigenvalue weighted by Crippen LogP contribution is -2.30. The van der Waals surface area contributed by atoms with Crippen LogP contribution in [0.1, 0.15) is 28.5 Å². The average Bonchev–Trinajstić information content (AvgIpc) is 2.95. The van der Waals surface area contributed by atoms with Crippen LogP contribution in [0.25, 0.3) is 0 Å². The Morgan fingerprint density at radius 3 is 2.55 bits per heavy atom. The van der Waals surface area contributed by atoms with Gasteiger partial charge in [-0.05, 0) is 37.6 Å². The van der Waals surface area contributed by atoms with Gasteiger partial charge in [0.25, 0.3) is 5.91 Å². The Balaban J connectivity index is 1.69. The fraction of sp³-hybridized carbons (Fsp3) is 0.190. The highest BCUT2D eigenvalue weighted by Gasteiger charge is 2.26. The second-order valence-corrected chi connectivity index (χ2v) is 7.24. The number of aryl methyl sites for hydroxylation is 1. The minimum absolute atomic E-state index is 0.144. The van der Waals surface area contributed by atoms with E-state index < -0.39 is 18.0 Å². The van der Waals surface area contributed by atoms with E-state index in [1.807, 2.05) is 30.3 Å². The molecule has 150 valence electrons.